The van der Waals surface area contributed by atoms with Gasteiger partial charge in [-0.25, -0.2) is 0 Å². The van der Waals surface area contributed by atoms with Gasteiger partial charge in [0, 0.05) is 15.2 Å². The second-order valence-corrected chi connectivity index (χ2v) is 5.83. The minimum Gasteiger partial charge on any atom is -0.259 e. The minimum atomic E-state index is 0.654. The van der Waals surface area contributed by atoms with Gasteiger partial charge in [-0.2, -0.15) is 9.62 Å². The molecule has 0 aliphatic heterocycles. The van der Waals surface area contributed by atoms with E-state index in [-0.39, 0.29) is 0 Å². The zero-order chi connectivity index (χ0) is 15.6. The first kappa shape index (κ1) is 13.8. The molecule has 0 atom stereocenters. The van der Waals surface area contributed by atoms with E-state index in [0.29, 0.717) is 5.82 Å². The molecule has 2 aromatic carbocycles. The molecule has 0 bridgehead atoms. The van der Waals surface area contributed by atoms with E-state index in [9.17, 15) is 0 Å². The monoisotopic (exact) mass is 366 g/mol. The van der Waals surface area contributed by atoms with Crippen LogP contribution in [0.2, 0.25) is 0 Å². The third kappa shape index (κ3) is 2.66. The Kier molecular flexibility index (Phi) is 3.47. The molecule has 0 amide bonds. The van der Waals surface area contributed by atoms with Gasteiger partial charge in [-0.15, -0.1) is 15.3 Å². The SMILES string of the molecule is Brc1ccc(C=NNc2nn3cnnc3c3ccccc23)cc1. The number of nitrogens with one attached hydrogen (secondary N) is 1. The molecule has 0 aliphatic carbocycles. The maximum Gasteiger partial charge on any atom is 0.185 e. The van der Waals surface area contributed by atoms with E-state index < -0.39 is 0 Å². The Bertz CT molecular complexity index is 1010. The molecule has 0 saturated heterocycles. The number of hydrogen-bond donors (Lipinski definition) is 1. The van der Waals surface area contributed by atoms with Crippen LogP contribution in [0.3, 0.4) is 0 Å². The molecule has 7 heteroatoms. The average molecular weight is 367 g/mol. The molecule has 0 spiro atoms. The number of anilines is 1. The Balaban J connectivity index is 1.71. The highest BCUT2D eigenvalue weighted by Gasteiger charge is 2.08. The number of hydrogen-bond acceptors (Lipinski definition) is 5. The molecule has 0 radical (unpaired) electrons. The standard InChI is InChI=1S/C16H11BrN6/c17-12-7-5-11(6-8-12)9-18-20-15-13-3-1-2-4-14(13)16-21-19-10-23(16)22-15/h1-10H,(H,20,22). The molecule has 2 heterocycles. The number of aromatic nitrogens is 4. The van der Waals surface area contributed by atoms with Crippen LogP contribution in [0, 0.1) is 0 Å². The van der Waals surface area contributed by atoms with Crippen molar-refractivity contribution in [1.29, 1.82) is 0 Å². The van der Waals surface area contributed by atoms with Crippen molar-refractivity contribution in [3.05, 3.63) is 64.9 Å². The van der Waals surface area contributed by atoms with E-state index in [4.69, 9.17) is 0 Å². The maximum atomic E-state index is 4.47. The van der Waals surface area contributed by atoms with Gasteiger partial charge in [0.1, 0.15) is 6.33 Å². The molecular weight excluding hydrogens is 356 g/mol. The first-order chi connectivity index (χ1) is 11.3. The summed E-state index contributed by atoms with van der Waals surface area (Å²) in [6.45, 7) is 0. The summed E-state index contributed by atoms with van der Waals surface area (Å²) in [7, 11) is 0. The maximum absolute atomic E-state index is 4.47. The molecule has 0 fully saturated rings. The Morgan fingerprint density at radius 3 is 2.65 bits per heavy atom. The van der Waals surface area contributed by atoms with E-state index in [1.807, 2.05) is 48.5 Å². The lowest BCUT2D eigenvalue weighted by Gasteiger charge is -2.05. The fraction of sp³-hybridized carbons (Fsp3) is 0. The van der Waals surface area contributed by atoms with Crippen LogP contribution in [0.4, 0.5) is 5.82 Å². The van der Waals surface area contributed by atoms with E-state index in [2.05, 4.69) is 41.8 Å². The third-order valence-corrected chi connectivity index (χ3v) is 3.94. The van der Waals surface area contributed by atoms with Gasteiger partial charge >= 0.3 is 0 Å². The summed E-state index contributed by atoms with van der Waals surface area (Å²) in [5, 5.41) is 18.7. The molecule has 0 saturated carbocycles. The number of nitrogens with zero attached hydrogens (tertiary/aromatic N) is 5. The number of hydrazone groups is 1. The fourth-order valence-electron chi connectivity index (χ4n) is 2.33. The summed E-state index contributed by atoms with van der Waals surface area (Å²) in [4.78, 5) is 0. The smallest absolute Gasteiger partial charge is 0.185 e. The van der Waals surface area contributed by atoms with Crippen LogP contribution >= 0.6 is 15.9 Å². The number of rotatable bonds is 3. The van der Waals surface area contributed by atoms with Crippen LogP contribution in [0.1, 0.15) is 5.56 Å². The lowest BCUT2D eigenvalue weighted by Crippen LogP contribution is -2.00. The van der Waals surface area contributed by atoms with Crippen LogP contribution in [-0.2, 0) is 0 Å². The summed E-state index contributed by atoms with van der Waals surface area (Å²) in [5.41, 5.74) is 4.72. The van der Waals surface area contributed by atoms with Gasteiger partial charge in [0.2, 0.25) is 0 Å². The molecule has 0 aliphatic rings. The van der Waals surface area contributed by atoms with Crippen LogP contribution in [0.5, 0.6) is 0 Å². The lowest BCUT2D eigenvalue weighted by atomic mass is 10.2. The molecule has 4 aromatic rings. The Morgan fingerprint density at radius 2 is 1.83 bits per heavy atom. The minimum absolute atomic E-state index is 0.654. The molecule has 4 rings (SSSR count). The summed E-state index contributed by atoms with van der Waals surface area (Å²) >= 11 is 3.41. The van der Waals surface area contributed by atoms with E-state index in [1.165, 1.54) is 0 Å². The fourth-order valence-corrected chi connectivity index (χ4v) is 2.59. The van der Waals surface area contributed by atoms with E-state index in [1.54, 1.807) is 17.1 Å². The predicted octanol–water partition coefficient (Wildman–Crippen LogP) is 3.49. The van der Waals surface area contributed by atoms with Gasteiger partial charge in [0.25, 0.3) is 0 Å². The van der Waals surface area contributed by atoms with Gasteiger partial charge in [-0.05, 0) is 17.7 Å². The summed E-state index contributed by atoms with van der Waals surface area (Å²) in [6, 6.07) is 15.8. The number of fused-ring (bicyclic) bond motifs is 3. The predicted molar refractivity (Wildman–Crippen MR) is 93.6 cm³/mol. The van der Waals surface area contributed by atoms with Gasteiger partial charge in [0.05, 0.1) is 6.21 Å². The zero-order valence-electron chi connectivity index (χ0n) is 11.9. The quantitative estimate of drug-likeness (QED) is 0.445. The van der Waals surface area contributed by atoms with Crippen molar-refractivity contribution < 1.29 is 0 Å². The zero-order valence-corrected chi connectivity index (χ0v) is 13.5. The summed E-state index contributed by atoms with van der Waals surface area (Å²) in [5.74, 6) is 0.654. The Morgan fingerprint density at radius 1 is 1.04 bits per heavy atom. The molecular formula is C16H11BrN6. The van der Waals surface area contributed by atoms with Gasteiger partial charge in [-0.3, -0.25) is 5.43 Å². The van der Waals surface area contributed by atoms with Gasteiger partial charge in [-0.1, -0.05) is 52.3 Å². The Labute approximate surface area is 140 Å². The topological polar surface area (TPSA) is 67.5 Å². The van der Waals surface area contributed by atoms with Crippen molar-refractivity contribution in [1.82, 2.24) is 19.8 Å². The molecule has 0 unspecified atom stereocenters. The molecule has 1 N–H and O–H groups in total. The van der Waals surface area contributed by atoms with Crippen molar-refractivity contribution in [2.45, 2.75) is 0 Å². The number of halogens is 1. The van der Waals surface area contributed by atoms with Crippen molar-refractivity contribution in [2.24, 2.45) is 5.10 Å². The largest absolute Gasteiger partial charge is 0.259 e. The van der Waals surface area contributed by atoms with Crippen LogP contribution in [-0.4, -0.2) is 26.0 Å². The molecule has 6 nitrogen and oxygen atoms in total. The molecule has 2 aromatic heterocycles. The highest BCUT2D eigenvalue weighted by molar-refractivity contribution is 9.10. The van der Waals surface area contributed by atoms with Crippen molar-refractivity contribution >= 4 is 44.4 Å². The normalized spacial score (nSPS) is 11.5. The van der Waals surface area contributed by atoms with E-state index in [0.717, 1.165) is 26.5 Å². The second-order valence-electron chi connectivity index (χ2n) is 4.91. The van der Waals surface area contributed by atoms with Crippen LogP contribution in [0.25, 0.3) is 16.4 Å². The van der Waals surface area contributed by atoms with Crippen molar-refractivity contribution in [3.63, 3.8) is 0 Å². The van der Waals surface area contributed by atoms with Crippen molar-refractivity contribution in [2.75, 3.05) is 5.43 Å². The van der Waals surface area contributed by atoms with Crippen LogP contribution < -0.4 is 5.43 Å². The average Bonchev–Trinajstić information content (AvgIpc) is 3.05. The summed E-state index contributed by atoms with van der Waals surface area (Å²) in [6.07, 6.45) is 3.32. The summed E-state index contributed by atoms with van der Waals surface area (Å²) < 4.78 is 2.67. The van der Waals surface area contributed by atoms with Gasteiger partial charge in [0.15, 0.2) is 11.5 Å². The highest BCUT2D eigenvalue weighted by atomic mass is 79.9. The first-order valence-electron chi connectivity index (χ1n) is 6.95. The molecule has 23 heavy (non-hydrogen) atoms. The highest BCUT2D eigenvalue weighted by Crippen LogP contribution is 2.23. The van der Waals surface area contributed by atoms with Gasteiger partial charge < -0.3 is 0 Å². The lowest BCUT2D eigenvalue weighted by molar-refractivity contribution is 0.934. The first-order valence-corrected chi connectivity index (χ1v) is 7.74. The third-order valence-electron chi connectivity index (χ3n) is 3.42. The van der Waals surface area contributed by atoms with Crippen molar-refractivity contribution in [3.8, 4) is 0 Å². The Hall–Kier alpha value is -2.80. The van der Waals surface area contributed by atoms with E-state index >= 15 is 0 Å². The second kappa shape index (κ2) is 5.77. The van der Waals surface area contributed by atoms with Crippen LogP contribution in [0.15, 0.2) is 64.4 Å². The number of benzene rings is 2. The molecule has 112 valence electrons.